The molecular weight excluding hydrogens is 419 g/mol. The fourth-order valence-corrected chi connectivity index (χ4v) is 3.62. The van der Waals surface area contributed by atoms with Gasteiger partial charge in [-0.3, -0.25) is 9.59 Å². The summed E-state index contributed by atoms with van der Waals surface area (Å²) in [6.45, 7) is 0.425. The molecular formula is C26H21FN4O2. The summed E-state index contributed by atoms with van der Waals surface area (Å²) in [6, 6.07) is 24.1. The Balaban J connectivity index is 1.63. The van der Waals surface area contributed by atoms with Crippen molar-refractivity contribution < 1.29 is 14.0 Å². The second-order valence-electron chi connectivity index (χ2n) is 7.69. The first kappa shape index (κ1) is 21.9. The first-order chi connectivity index (χ1) is 16.0. The molecule has 7 heteroatoms. The molecule has 164 valence electrons. The lowest BCUT2D eigenvalue weighted by molar-refractivity contribution is -0.125. The predicted molar refractivity (Wildman–Crippen MR) is 122 cm³/mol. The highest BCUT2D eigenvalue weighted by atomic mass is 19.1. The molecule has 0 atom stereocenters. The summed E-state index contributed by atoms with van der Waals surface area (Å²) in [4.78, 5) is 27.5. The van der Waals surface area contributed by atoms with Gasteiger partial charge in [-0.15, -0.1) is 0 Å². The van der Waals surface area contributed by atoms with Crippen LogP contribution in [0.15, 0.2) is 84.0 Å². The highest BCUT2D eigenvalue weighted by molar-refractivity contribution is 6.40. The SMILES string of the molecule is N#Cc1ccc(CN(Cc2cccc(F)c2)C(=O)C2=NN(c3ccccc3)C(=O)CC2)cc1. The molecule has 6 nitrogen and oxygen atoms in total. The second-order valence-corrected chi connectivity index (χ2v) is 7.69. The maximum Gasteiger partial charge on any atom is 0.270 e. The summed E-state index contributed by atoms with van der Waals surface area (Å²) in [5.41, 5.74) is 2.85. The topological polar surface area (TPSA) is 76.8 Å². The fraction of sp³-hybridized carbons (Fsp3) is 0.154. The zero-order valence-corrected chi connectivity index (χ0v) is 17.8. The molecule has 0 unspecified atom stereocenters. The van der Waals surface area contributed by atoms with E-state index in [2.05, 4.69) is 11.2 Å². The van der Waals surface area contributed by atoms with E-state index in [-0.39, 0.29) is 49.3 Å². The van der Waals surface area contributed by atoms with Gasteiger partial charge >= 0.3 is 0 Å². The summed E-state index contributed by atoms with van der Waals surface area (Å²) in [5, 5.41) is 14.7. The predicted octanol–water partition coefficient (Wildman–Crippen LogP) is 4.41. The van der Waals surface area contributed by atoms with E-state index in [9.17, 15) is 14.0 Å². The van der Waals surface area contributed by atoms with Crippen molar-refractivity contribution in [3.8, 4) is 6.07 Å². The standard InChI is InChI=1S/C26H21FN4O2/c27-22-6-4-5-21(15-22)18-30(17-20-11-9-19(16-28)10-12-20)26(33)24-13-14-25(32)31(29-24)23-7-2-1-3-8-23/h1-12,15H,13-14,17-18H2. The Kier molecular flexibility index (Phi) is 6.56. The molecule has 3 aromatic carbocycles. The minimum Gasteiger partial charge on any atom is -0.329 e. The number of hydrogen-bond acceptors (Lipinski definition) is 4. The van der Waals surface area contributed by atoms with Gasteiger partial charge in [0.15, 0.2) is 0 Å². The largest absolute Gasteiger partial charge is 0.329 e. The molecule has 1 aliphatic heterocycles. The Morgan fingerprint density at radius 2 is 1.70 bits per heavy atom. The first-order valence-corrected chi connectivity index (χ1v) is 10.5. The van der Waals surface area contributed by atoms with Gasteiger partial charge in [0.05, 0.1) is 17.3 Å². The molecule has 0 fully saturated rings. The van der Waals surface area contributed by atoms with Crippen LogP contribution in [0.4, 0.5) is 10.1 Å². The minimum atomic E-state index is -0.380. The van der Waals surface area contributed by atoms with E-state index in [0.717, 1.165) is 5.56 Å². The number of rotatable bonds is 6. The quantitative estimate of drug-likeness (QED) is 0.570. The van der Waals surface area contributed by atoms with Gasteiger partial charge in [0.25, 0.3) is 5.91 Å². The lowest BCUT2D eigenvalue weighted by atomic mass is 10.1. The van der Waals surface area contributed by atoms with Gasteiger partial charge in [-0.2, -0.15) is 10.4 Å². The monoisotopic (exact) mass is 440 g/mol. The average Bonchev–Trinajstić information content (AvgIpc) is 2.84. The zero-order valence-electron chi connectivity index (χ0n) is 17.8. The van der Waals surface area contributed by atoms with E-state index >= 15 is 0 Å². The summed E-state index contributed by atoms with van der Waals surface area (Å²) < 4.78 is 13.8. The number of carbonyl (C=O) groups is 2. The number of benzene rings is 3. The molecule has 0 spiro atoms. The van der Waals surface area contributed by atoms with E-state index in [1.165, 1.54) is 17.1 Å². The third kappa shape index (κ3) is 5.31. The number of carbonyl (C=O) groups excluding carboxylic acids is 2. The third-order valence-electron chi connectivity index (χ3n) is 5.29. The van der Waals surface area contributed by atoms with Gasteiger partial charge < -0.3 is 4.90 Å². The third-order valence-corrected chi connectivity index (χ3v) is 5.29. The van der Waals surface area contributed by atoms with E-state index < -0.39 is 0 Å². The van der Waals surface area contributed by atoms with Crippen molar-refractivity contribution in [3.63, 3.8) is 0 Å². The number of halogens is 1. The molecule has 0 N–H and O–H groups in total. The normalized spacial score (nSPS) is 13.3. The van der Waals surface area contributed by atoms with Gasteiger partial charge in [0, 0.05) is 25.9 Å². The Morgan fingerprint density at radius 1 is 0.970 bits per heavy atom. The highest BCUT2D eigenvalue weighted by Gasteiger charge is 2.28. The van der Waals surface area contributed by atoms with Crippen molar-refractivity contribution in [1.82, 2.24) is 4.90 Å². The number of anilines is 1. The van der Waals surface area contributed by atoms with Crippen molar-refractivity contribution in [1.29, 1.82) is 5.26 Å². The van der Waals surface area contributed by atoms with Crippen LogP contribution in [0.1, 0.15) is 29.5 Å². The van der Waals surface area contributed by atoms with Crippen molar-refractivity contribution >= 4 is 23.2 Å². The van der Waals surface area contributed by atoms with Gasteiger partial charge in [-0.05, 0) is 47.5 Å². The van der Waals surface area contributed by atoms with Crippen molar-refractivity contribution in [2.75, 3.05) is 5.01 Å². The summed E-state index contributed by atoms with van der Waals surface area (Å²) >= 11 is 0. The maximum absolute atomic E-state index is 13.8. The van der Waals surface area contributed by atoms with Gasteiger partial charge in [-0.25, -0.2) is 9.40 Å². The van der Waals surface area contributed by atoms with Crippen LogP contribution in [0.25, 0.3) is 0 Å². The molecule has 0 aliphatic carbocycles. The lowest BCUT2D eigenvalue weighted by Gasteiger charge is -2.28. The lowest BCUT2D eigenvalue weighted by Crippen LogP contribution is -2.41. The molecule has 0 radical (unpaired) electrons. The summed E-state index contributed by atoms with van der Waals surface area (Å²) in [6.07, 6.45) is 0.401. The molecule has 4 rings (SSSR count). The number of para-hydroxylation sites is 1. The molecule has 0 aromatic heterocycles. The molecule has 1 aliphatic rings. The zero-order chi connectivity index (χ0) is 23.2. The maximum atomic E-state index is 13.8. The van der Waals surface area contributed by atoms with Crippen molar-refractivity contribution in [3.05, 3.63) is 101 Å². The molecule has 0 bridgehead atoms. The van der Waals surface area contributed by atoms with Gasteiger partial charge in [0.1, 0.15) is 11.5 Å². The Morgan fingerprint density at radius 3 is 2.39 bits per heavy atom. The smallest absolute Gasteiger partial charge is 0.270 e. The fourth-order valence-electron chi connectivity index (χ4n) is 3.62. The van der Waals surface area contributed by atoms with E-state index in [1.54, 1.807) is 65.6 Å². The number of nitriles is 1. The van der Waals surface area contributed by atoms with Crippen LogP contribution in [-0.4, -0.2) is 22.4 Å². The molecule has 0 saturated carbocycles. The number of nitrogens with zero attached hydrogens (tertiary/aromatic N) is 4. The highest BCUT2D eigenvalue weighted by Crippen LogP contribution is 2.21. The van der Waals surface area contributed by atoms with Crippen LogP contribution >= 0.6 is 0 Å². The van der Waals surface area contributed by atoms with Crippen LogP contribution in [0.2, 0.25) is 0 Å². The van der Waals surface area contributed by atoms with Crippen LogP contribution in [0.5, 0.6) is 0 Å². The second kappa shape index (κ2) is 9.88. The average molecular weight is 440 g/mol. The number of hydrazone groups is 1. The first-order valence-electron chi connectivity index (χ1n) is 10.5. The molecule has 0 saturated heterocycles. The molecule has 2 amide bonds. The van der Waals surface area contributed by atoms with E-state index in [1.807, 2.05) is 6.07 Å². The van der Waals surface area contributed by atoms with Crippen molar-refractivity contribution in [2.45, 2.75) is 25.9 Å². The Bertz CT molecular complexity index is 1230. The van der Waals surface area contributed by atoms with Crippen molar-refractivity contribution in [2.24, 2.45) is 5.10 Å². The Labute approximate surface area is 191 Å². The van der Waals surface area contributed by atoms with Crippen LogP contribution in [0, 0.1) is 17.1 Å². The van der Waals surface area contributed by atoms with E-state index in [4.69, 9.17) is 5.26 Å². The molecule has 3 aromatic rings. The summed E-state index contributed by atoms with van der Waals surface area (Å²) in [7, 11) is 0. The Hall–Kier alpha value is -4.31. The van der Waals surface area contributed by atoms with Crippen LogP contribution in [0.3, 0.4) is 0 Å². The minimum absolute atomic E-state index is 0.171. The van der Waals surface area contributed by atoms with Crippen LogP contribution in [-0.2, 0) is 22.7 Å². The van der Waals surface area contributed by atoms with Gasteiger partial charge in [-0.1, -0.05) is 42.5 Å². The van der Waals surface area contributed by atoms with Gasteiger partial charge in [0.2, 0.25) is 5.91 Å². The van der Waals surface area contributed by atoms with E-state index in [0.29, 0.717) is 16.8 Å². The molecule has 33 heavy (non-hydrogen) atoms. The summed E-state index contributed by atoms with van der Waals surface area (Å²) in [5.74, 6) is -0.882. The molecule has 1 heterocycles. The number of hydrogen-bond donors (Lipinski definition) is 0. The van der Waals surface area contributed by atoms with Crippen LogP contribution < -0.4 is 5.01 Å². The number of amides is 2.